The molecule has 1 radical (unpaired) electrons. The van der Waals surface area contributed by atoms with Gasteiger partial charge in [0.05, 0.1) is 5.76 Å². The Labute approximate surface area is 174 Å². The Morgan fingerprint density at radius 1 is 1.18 bits per heavy atom. The topological polar surface area (TPSA) is 54.4 Å². The average Bonchev–Trinajstić information content (AvgIpc) is 2.46. The van der Waals surface area contributed by atoms with Crippen molar-refractivity contribution in [3.8, 4) is 0 Å². The van der Waals surface area contributed by atoms with E-state index in [1.807, 2.05) is 43.3 Å². The van der Waals surface area contributed by atoms with Gasteiger partial charge in [0.15, 0.2) is 5.78 Å². The van der Waals surface area contributed by atoms with Gasteiger partial charge in [-0.15, -0.1) is 0 Å². The predicted octanol–water partition coefficient (Wildman–Crippen LogP) is 3.87. The van der Waals surface area contributed by atoms with E-state index in [-0.39, 0.29) is 60.9 Å². The second kappa shape index (κ2) is 11.2. The van der Waals surface area contributed by atoms with E-state index in [0.29, 0.717) is 5.56 Å². The number of aliphatic hydroxyl groups is 1. The van der Waals surface area contributed by atoms with E-state index >= 15 is 0 Å². The molecule has 2 rings (SSSR count). The van der Waals surface area contributed by atoms with Crippen LogP contribution in [0.4, 0.5) is 0 Å². The molecule has 1 atom stereocenters. The zero-order valence-corrected chi connectivity index (χ0v) is 16.1. The fourth-order valence-corrected chi connectivity index (χ4v) is 1.62. The van der Waals surface area contributed by atoms with E-state index in [2.05, 4.69) is 0 Å². The molecule has 5 heteroatoms. The molecule has 0 heterocycles. The zero-order chi connectivity index (χ0) is 15.8. The number of carbonyl (C=O) groups excluding carboxylic acids is 1. The van der Waals surface area contributed by atoms with Crippen LogP contribution in [0.15, 0.2) is 54.3 Å². The van der Waals surface area contributed by atoms with Crippen molar-refractivity contribution in [3.05, 3.63) is 59.9 Å². The van der Waals surface area contributed by atoms with Crippen molar-refractivity contribution in [2.75, 3.05) is 12.0 Å². The van der Waals surface area contributed by atoms with Crippen molar-refractivity contribution in [2.24, 2.45) is 0 Å². The van der Waals surface area contributed by atoms with Gasteiger partial charge in [-0.05, 0) is 23.8 Å². The first kappa shape index (κ1) is 21.6. The molecule has 119 valence electrons. The van der Waals surface area contributed by atoms with Crippen LogP contribution in [0.3, 0.4) is 0 Å². The smallest absolute Gasteiger partial charge is 0.189 e. The summed E-state index contributed by atoms with van der Waals surface area (Å²) in [7, 11) is -0.573. The Bertz CT molecular complexity index is 676. The predicted molar refractivity (Wildman–Crippen MR) is 89.3 cm³/mol. The minimum Gasteiger partial charge on any atom is -0.512 e. The van der Waals surface area contributed by atoms with Gasteiger partial charge in [-0.25, -0.2) is 0 Å². The summed E-state index contributed by atoms with van der Waals surface area (Å²) in [5.41, 5.74) is 0.590. The second-order valence-corrected chi connectivity index (χ2v) is 6.30. The molecule has 0 saturated carbocycles. The third-order valence-electron chi connectivity index (χ3n) is 2.78. The summed E-state index contributed by atoms with van der Waals surface area (Å²) >= 11 is 0. The summed E-state index contributed by atoms with van der Waals surface area (Å²) in [6, 6.07) is 13.4. The van der Waals surface area contributed by atoms with E-state index < -0.39 is 10.8 Å². The Hall–Kier alpha value is -0.356. The van der Waals surface area contributed by atoms with Crippen LogP contribution < -0.4 is 0 Å². The molecule has 0 saturated heterocycles. The third-order valence-corrected chi connectivity index (χ3v) is 3.59. The number of carbonyl (C=O) groups is 1. The van der Waals surface area contributed by atoms with Crippen LogP contribution in [0.25, 0.3) is 10.8 Å². The van der Waals surface area contributed by atoms with Crippen LogP contribution in [-0.2, 0) is 10.8 Å². The van der Waals surface area contributed by atoms with Crippen molar-refractivity contribution < 1.29 is 63.5 Å². The molecule has 2 aromatic carbocycles. The molecule has 0 aromatic heterocycles. The van der Waals surface area contributed by atoms with Gasteiger partial charge in [-0.2, -0.15) is 0 Å². The first-order valence-corrected chi connectivity index (χ1v) is 8.37. The minimum absolute atomic E-state index is 0. The SMILES string of the molecule is C/C(O)=C/C(=O)c1ccc2ccccc2c1.CCS(C)=O.[Eu]. The standard InChI is InChI=1S/C14H12O2.C3H8OS.Eu/c1-10(15)8-14(16)13-7-6-11-4-2-3-5-12(11)9-13;1-3-5(2)4;/h2-9,15H,1H3;3H2,1-2H3;/b10-8-;;. The van der Waals surface area contributed by atoms with E-state index in [0.717, 1.165) is 16.5 Å². The van der Waals surface area contributed by atoms with Gasteiger partial charge < -0.3 is 5.11 Å². The second-order valence-electron chi connectivity index (χ2n) is 4.57. The summed E-state index contributed by atoms with van der Waals surface area (Å²) in [6.45, 7) is 3.38. The molecule has 0 aliphatic carbocycles. The van der Waals surface area contributed by atoms with Crippen molar-refractivity contribution in [1.82, 2.24) is 0 Å². The summed E-state index contributed by atoms with van der Waals surface area (Å²) in [6.07, 6.45) is 2.92. The maximum atomic E-state index is 11.7. The summed E-state index contributed by atoms with van der Waals surface area (Å²) in [4.78, 5) is 11.7. The van der Waals surface area contributed by atoms with Gasteiger partial charge in [0, 0.05) is 83.8 Å². The van der Waals surface area contributed by atoms with E-state index in [1.54, 1.807) is 12.3 Å². The monoisotopic (exact) mass is 457 g/mol. The normalized spacial score (nSPS) is 11.9. The number of hydrogen-bond donors (Lipinski definition) is 1. The van der Waals surface area contributed by atoms with E-state index in [9.17, 15) is 9.00 Å². The quantitative estimate of drug-likeness (QED) is 0.434. The number of fused-ring (bicyclic) bond motifs is 1. The first-order chi connectivity index (χ1) is 9.93. The molecule has 0 fully saturated rings. The van der Waals surface area contributed by atoms with Gasteiger partial charge in [0.1, 0.15) is 0 Å². The number of rotatable bonds is 3. The molecule has 22 heavy (non-hydrogen) atoms. The molecular formula is C17H20EuO3S. The molecule has 0 aliphatic rings. The third kappa shape index (κ3) is 7.77. The van der Waals surface area contributed by atoms with Gasteiger partial charge in [-0.1, -0.05) is 43.3 Å². The van der Waals surface area contributed by atoms with Crippen LogP contribution in [0, 0.1) is 49.4 Å². The number of allylic oxidation sites excluding steroid dienone is 2. The Kier molecular flexibility index (Phi) is 11.0. The van der Waals surface area contributed by atoms with Gasteiger partial charge in [0.25, 0.3) is 0 Å². The maximum Gasteiger partial charge on any atom is 0.189 e. The van der Waals surface area contributed by atoms with Gasteiger partial charge in [0.2, 0.25) is 0 Å². The summed E-state index contributed by atoms with van der Waals surface area (Å²) in [5, 5.41) is 11.2. The first-order valence-electron chi connectivity index (χ1n) is 6.64. The van der Waals surface area contributed by atoms with Crippen molar-refractivity contribution in [1.29, 1.82) is 0 Å². The van der Waals surface area contributed by atoms with E-state index in [4.69, 9.17) is 5.11 Å². The molecular weight excluding hydrogens is 436 g/mol. The minimum atomic E-state index is -0.573. The summed E-state index contributed by atoms with van der Waals surface area (Å²) in [5.74, 6) is 0.629. The zero-order valence-electron chi connectivity index (χ0n) is 12.9. The van der Waals surface area contributed by atoms with Crippen LogP contribution in [0.1, 0.15) is 24.2 Å². The molecule has 3 nitrogen and oxygen atoms in total. The number of ketones is 1. The maximum absolute atomic E-state index is 11.7. The van der Waals surface area contributed by atoms with Gasteiger partial charge in [-0.3, -0.25) is 9.00 Å². The molecule has 0 spiro atoms. The molecule has 2 aromatic rings. The molecule has 0 bridgehead atoms. The Morgan fingerprint density at radius 2 is 1.73 bits per heavy atom. The van der Waals surface area contributed by atoms with E-state index in [1.165, 1.54) is 13.0 Å². The van der Waals surface area contributed by atoms with Crippen molar-refractivity contribution in [3.63, 3.8) is 0 Å². The number of benzene rings is 2. The Morgan fingerprint density at radius 3 is 2.23 bits per heavy atom. The van der Waals surface area contributed by atoms with Crippen LogP contribution in [0.2, 0.25) is 0 Å². The molecule has 0 amide bonds. The number of aliphatic hydroxyl groups excluding tert-OH is 1. The van der Waals surface area contributed by atoms with Crippen LogP contribution in [-0.4, -0.2) is 27.1 Å². The fourth-order valence-electron chi connectivity index (χ4n) is 1.62. The van der Waals surface area contributed by atoms with Crippen molar-refractivity contribution >= 4 is 27.4 Å². The van der Waals surface area contributed by atoms with Crippen LogP contribution >= 0.6 is 0 Å². The van der Waals surface area contributed by atoms with Crippen LogP contribution in [0.5, 0.6) is 0 Å². The largest absolute Gasteiger partial charge is 0.512 e. The summed E-state index contributed by atoms with van der Waals surface area (Å²) < 4.78 is 9.92. The van der Waals surface area contributed by atoms with Gasteiger partial charge >= 0.3 is 0 Å². The fraction of sp³-hybridized carbons (Fsp3) is 0.235. The van der Waals surface area contributed by atoms with Crippen molar-refractivity contribution in [2.45, 2.75) is 13.8 Å². The average molecular weight is 456 g/mol. The molecule has 1 unspecified atom stereocenters. The number of hydrogen-bond acceptors (Lipinski definition) is 3. The molecule has 1 N–H and O–H groups in total. The Balaban J connectivity index is 0.000000644. The molecule has 0 aliphatic heterocycles.